The summed E-state index contributed by atoms with van der Waals surface area (Å²) in [5.41, 5.74) is 2.18. The Bertz CT molecular complexity index is 621. The van der Waals surface area contributed by atoms with E-state index in [4.69, 9.17) is 0 Å². The SMILES string of the molecule is C[C@]1(O)C[C@@H](C(=O)N2CCC(c3cccc(N4CCCC4)c3)CC2)C1. The van der Waals surface area contributed by atoms with Gasteiger partial charge in [-0.25, -0.2) is 0 Å². The zero-order chi connectivity index (χ0) is 17.4. The summed E-state index contributed by atoms with van der Waals surface area (Å²) < 4.78 is 0. The summed E-state index contributed by atoms with van der Waals surface area (Å²) in [5.74, 6) is 0.872. The number of nitrogens with zero attached hydrogens (tertiary/aromatic N) is 2. The summed E-state index contributed by atoms with van der Waals surface area (Å²) in [6.07, 6.45) is 5.97. The number of hydrogen-bond acceptors (Lipinski definition) is 3. The molecule has 1 amide bonds. The molecule has 0 unspecified atom stereocenters. The maximum absolute atomic E-state index is 12.5. The summed E-state index contributed by atoms with van der Waals surface area (Å²) in [4.78, 5) is 17.1. The second kappa shape index (κ2) is 6.64. The molecule has 136 valence electrons. The monoisotopic (exact) mass is 342 g/mol. The van der Waals surface area contributed by atoms with Crippen LogP contribution in [-0.4, -0.2) is 47.7 Å². The van der Waals surface area contributed by atoms with Crippen molar-refractivity contribution in [2.24, 2.45) is 5.92 Å². The Labute approximate surface area is 150 Å². The largest absolute Gasteiger partial charge is 0.390 e. The third kappa shape index (κ3) is 3.55. The van der Waals surface area contributed by atoms with Gasteiger partial charge in [0, 0.05) is 37.8 Å². The highest BCUT2D eigenvalue weighted by atomic mass is 16.3. The predicted octanol–water partition coefficient (Wildman–Crippen LogP) is 3.15. The quantitative estimate of drug-likeness (QED) is 0.918. The van der Waals surface area contributed by atoms with E-state index in [-0.39, 0.29) is 11.8 Å². The molecule has 1 aromatic rings. The highest BCUT2D eigenvalue weighted by Gasteiger charge is 2.44. The molecule has 1 saturated carbocycles. The molecule has 0 bridgehead atoms. The smallest absolute Gasteiger partial charge is 0.225 e. The van der Waals surface area contributed by atoms with E-state index in [9.17, 15) is 9.90 Å². The van der Waals surface area contributed by atoms with Crippen LogP contribution >= 0.6 is 0 Å². The van der Waals surface area contributed by atoms with Crippen LogP contribution in [-0.2, 0) is 4.79 Å². The molecule has 0 aromatic heterocycles. The van der Waals surface area contributed by atoms with Crippen LogP contribution in [0.3, 0.4) is 0 Å². The number of rotatable bonds is 3. The van der Waals surface area contributed by atoms with Gasteiger partial charge in [0.25, 0.3) is 0 Å². The van der Waals surface area contributed by atoms with E-state index in [2.05, 4.69) is 29.2 Å². The van der Waals surface area contributed by atoms with E-state index in [1.54, 1.807) is 0 Å². The standard InChI is InChI=1S/C21H30N2O2/c1-21(25)14-18(15-21)20(24)23-11-7-16(8-12-23)17-5-4-6-19(13-17)22-9-2-3-10-22/h4-6,13,16,18,25H,2-3,7-12,14-15H2,1H3/t18-,21+. The maximum Gasteiger partial charge on any atom is 0.225 e. The number of likely N-dealkylation sites (tertiary alicyclic amines) is 1. The molecule has 4 nitrogen and oxygen atoms in total. The normalized spacial score (nSPS) is 30.4. The fourth-order valence-electron chi connectivity index (χ4n) is 4.82. The number of carbonyl (C=O) groups excluding carboxylic acids is 1. The Morgan fingerprint density at radius 3 is 2.44 bits per heavy atom. The van der Waals surface area contributed by atoms with Gasteiger partial charge in [-0.05, 0) is 69.1 Å². The highest BCUT2D eigenvalue weighted by molar-refractivity contribution is 5.80. The lowest BCUT2D eigenvalue weighted by molar-refractivity contribution is -0.150. The van der Waals surface area contributed by atoms with Crippen LogP contribution < -0.4 is 4.90 Å². The molecule has 3 aliphatic rings. The Morgan fingerprint density at radius 1 is 1.12 bits per heavy atom. The molecule has 0 atom stereocenters. The average molecular weight is 342 g/mol. The van der Waals surface area contributed by atoms with Crippen LogP contribution in [0, 0.1) is 5.92 Å². The number of hydrogen-bond donors (Lipinski definition) is 1. The summed E-state index contributed by atoms with van der Waals surface area (Å²) in [6.45, 7) is 5.91. The number of aliphatic hydroxyl groups is 1. The molecular formula is C21H30N2O2. The van der Waals surface area contributed by atoms with Crippen LogP contribution in [0.1, 0.15) is 56.9 Å². The van der Waals surface area contributed by atoms with Crippen molar-refractivity contribution in [3.8, 4) is 0 Å². The molecule has 1 aromatic carbocycles. The zero-order valence-corrected chi connectivity index (χ0v) is 15.3. The summed E-state index contributed by atoms with van der Waals surface area (Å²) >= 11 is 0. The van der Waals surface area contributed by atoms with E-state index in [1.807, 2.05) is 11.8 Å². The molecular weight excluding hydrogens is 312 g/mol. The number of carbonyl (C=O) groups is 1. The first-order valence-electron chi connectivity index (χ1n) is 9.88. The van der Waals surface area contributed by atoms with Crippen molar-refractivity contribution in [3.05, 3.63) is 29.8 Å². The minimum absolute atomic E-state index is 0.0463. The second-order valence-corrected chi connectivity index (χ2v) is 8.49. The summed E-state index contributed by atoms with van der Waals surface area (Å²) in [6, 6.07) is 9.05. The molecule has 2 heterocycles. The molecule has 2 aliphatic heterocycles. The van der Waals surface area contributed by atoms with E-state index in [0.29, 0.717) is 18.8 Å². The first kappa shape index (κ1) is 16.9. The summed E-state index contributed by atoms with van der Waals surface area (Å²) in [7, 11) is 0. The molecule has 3 fully saturated rings. The molecule has 4 rings (SSSR count). The molecule has 25 heavy (non-hydrogen) atoms. The van der Waals surface area contributed by atoms with E-state index >= 15 is 0 Å². The van der Waals surface area contributed by atoms with Crippen LogP contribution in [0.15, 0.2) is 24.3 Å². The van der Waals surface area contributed by atoms with E-state index < -0.39 is 5.60 Å². The topological polar surface area (TPSA) is 43.8 Å². The second-order valence-electron chi connectivity index (χ2n) is 8.49. The van der Waals surface area contributed by atoms with Crippen molar-refractivity contribution in [2.75, 3.05) is 31.1 Å². The van der Waals surface area contributed by atoms with Crippen molar-refractivity contribution in [3.63, 3.8) is 0 Å². The minimum atomic E-state index is -0.616. The Hall–Kier alpha value is -1.55. The molecule has 1 aliphatic carbocycles. The van der Waals surface area contributed by atoms with Crippen LogP contribution in [0.2, 0.25) is 0 Å². The van der Waals surface area contributed by atoms with Gasteiger partial charge in [0.2, 0.25) is 5.91 Å². The molecule has 4 heteroatoms. The van der Waals surface area contributed by atoms with Gasteiger partial charge in [0.05, 0.1) is 5.60 Å². The number of amides is 1. The zero-order valence-electron chi connectivity index (χ0n) is 15.3. The first-order valence-corrected chi connectivity index (χ1v) is 9.88. The summed E-state index contributed by atoms with van der Waals surface area (Å²) in [5, 5.41) is 9.86. The fraction of sp³-hybridized carbons (Fsp3) is 0.667. The van der Waals surface area contributed by atoms with Crippen molar-refractivity contribution < 1.29 is 9.90 Å². The van der Waals surface area contributed by atoms with Gasteiger partial charge in [-0.2, -0.15) is 0 Å². The van der Waals surface area contributed by atoms with E-state index in [1.165, 1.54) is 37.2 Å². The maximum atomic E-state index is 12.5. The van der Waals surface area contributed by atoms with Crippen LogP contribution in [0.4, 0.5) is 5.69 Å². The predicted molar refractivity (Wildman–Crippen MR) is 99.8 cm³/mol. The van der Waals surface area contributed by atoms with Crippen molar-refractivity contribution in [1.29, 1.82) is 0 Å². The van der Waals surface area contributed by atoms with Gasteiger partial charge in [0.1, 0.15) is 0 Å². The lowest BCUT2D eigenvalue weighted by Crippen LogP contribution is -2.51. The molecule has 0 radical (unpaired) electrons. The van der Waals surface area contributed by atoms with E-state index in [0.717, 1.165) is 25.9 Å². The van der Waals surface area contributed by atoms with Gasteiger partial charge in [-0.15, -0.1) is 0 Å². The van der Waals surface area contributed by atoms with Gasteiger partial charge in [-0.1, -0.05) is 12.1 Å². The van der Waals surface area contributed by atoms with Crippen LogP contribution in [0.5, 0.6) is 0 Å². The van der Waals surface area contributed by atoms with Crippen molar-refractivity contribution >= 4 is 11.6 Å². The number of piperidine rings is 1. The highest BCUT2D eigenvalue weighted by Crippen LogP contribution is 2.39. The van der Waals surface area contributed by atoms with Gasteiger partial charge >= 0.3 is 0 Å². The molecule has 2 saturated heterocycles. The molecule has 0 spiro atoms. The van der Waals surface area contributed by atoms with Crippen molar-refractivity contribution in [2.45, 2.75) is 57.0 Å². The van der Waals surface area contributed by atoms with Crippen molar-refractivity contribution in [1.82, 2.24) is 4.90 Å². The number of benzene rings is 1. The first-order chi connectivity index (χ1) is 12.0. The van der Waals surface area contributed by atoms with Gasteiger partial charge in [-0.3, -0.25) is 4.79 Å². The Morgan fingerprint density at radius 2 is 1.80 bits per heavy atom. The molecule has 1 N–H and O–H groups in total. The number of anilines is 1. The lowest BCUT2D eigenvalue weighted by Gasteiger charge is -2.43. The van der Waals surface area contributed by atoms with Crippen LogP contribution in [0.25, 0.3) is 0 Å². The van der Waals surface area contributed by atoms with Gasteiger partial charge < -0.3 is 14.9 Å². The Kier molecular flexibility index (Phi) is 4.48. The average Bonchev–Trinajstić information content (AvgIpc) is 3.14. The van der Waals surface area contributed by atoms with Gasteiger partial charge in [0.15, 0.2) is 0 Å². The lowest BCUT2D eigenvalue weighted by atomic mass is 9.71. The minimum Gasteiger partial charge on any atom is -0.390 e. The Balaban J connectivity index is 1.34. The third-order valence-corrected chi connectivity index (χ3v) is 6.34. The fourth-order valence-corrected chi connectivity index (χ4v) is 4.82. The third-order valence-electron chi connectivity index (χ3n) is 6.34.